The maximum atomic E-state index is 11.1. The lowest BCUT2D eigenvalue weighted by Gasteiger charge is -2.44. The Balaban J connectivity index is 1.95. The zero-order valence-corrected chi connectivity index (χ0v) is 11.1. The molecule has 0 bridgehead atoms. The highest BCUT2D eigenvalue weighted by Gasteiger charge is 2.46. The Morgan fingerprint density at radius 2 is 1.74 bits per heavy atom. The molecule has 0 heterocycles. The molecule has 3 nitrogen and oxygen atoms in total. The van der Waals surface area contributed by atoms with Crippen LogP contribution in [0.25, 0.3) is 0 Å². The fourth-order valence-electron chi connectivity index (χ4n) is 3.86. The fourth-order valence-corrected chi connectivity index (χ4v) is 3.86. The van der Waals surface area contributed by atoms with Gasteiger partial charge in [-0.25, -0.2) is 0 Å². The van der Waals surface area contributed by atoms with E-state index in [4.69, 9.17) is 0 Å². The first-order valence-electron chi connectivity index (χ1n) is 7.23. The van der Waals surface area contributed by atoms with Gasteiger partial charge in [0.1, 0.15) is 5.60 Å². The molecule has 0 aliphatic heterocycles. The van der Waals surface area contributed by atoms with Crippen LogP contribution in [0.1, 0.15) is 44.1 Å². The van der Waals surface area contributed by atoms with Gasteiger partial charge in [0.25, 0.3) is 0 Å². The zero-order valence-electron chi connectivity index (χ0n) is 11.1. The van der Waals surface area contributed by atoms with E-state index in [-0.39, 0.29) is 0 Å². The topological polar surface area (TPSA) is 52.8 Å². The van der Waals surface area contributed by atoms with E-state index in [1.54, 1.807) is 0 Å². The number of rotatable bonds is 1. The summed E-state index contributed by atoms with van der Waals surface area (Å²) in [6.07, 6.45) is 6.35. The summed E-state index contributed by atoms with van der Waals surface area (Å²) in [5.41, 5.74) is 0.322. The SMILES string of the molecule is O/N=C1/C[C@H]2CCCC[C@H]2C[C@@]1(O)c1ccccc1. The lowest BCUT2D eigenvalue weighted by Crippen LogP contribution is -2.46. The van der Waals surface area contributed by atoms with Crippen LogP contribution in [-0.4, -0.2) is 16.0 Å². The number of oxime groups is 1. The van der Waals surface area contributed by atoms with E-state index in [0.717, 1.165) is 12.0 Å². The van der Waals surface area contributed by atoms with E-state index in [1.165, 1.54) is 25.7 Å². The molecule has 2 fully saturated rings. The largest absolute Gasteiger partial charge is 0.411 e. The number of benzene rings is 1. The second-order valence-electron chi connectivity index (χ2n) is 5.99. The third-order valence-electron chi connectivity index (χ3n) is 4.93. The Hall–Kier alpha value is -1.35. The minimum Gasteiger partial charge on any atom is -0.411 e. The highest BCUT2D eigenvalue weighted by molar-refractivity contribution is 5.93. The van der Waals surface area contributed by atoms with Crippen LogP contribution in [0, 0.1) is 11.8 Å². The summed E-state index contributed by atoms with van der Waals surface area (Å²) in [6, 6.07) is 9.64. The first-order chi connectivity index (χ1) is 9.24. The fraction of sp³-hybridized carbons (Fsp3) is 0.562. The van der Waals surface area contributed by atoms with Gasteiger partial charge in [0.05, 0.1) is 5.71 Å². The van der Waals surface area contributed by atoms with E-state index in [1.807, 2.05) is 30.3 Å². The maximum Gasteiger partial charge on any atom is 0.131 e. The van der Waals surface area contributed by atoms with E-state index in [2.05, 4.69) is 5.16 Å². The maximum absolute atomic E-state index is 11.1. The van der Waals surface area contributed by atoms with Crippen LogP contribution < -0.4 is 0 Å². The summed E-state index contributed by atoms with van der Waals surface area (Å²) in [4.78, 5) is 0. The van der Waals surface area contributed by atoms with E-state index in [0.29, 0.717) is 24.0 Å². The Morgan fingerprint density at radius 1 is 1.05 bits per heavy atom. The number of fused-ring (bicyclic) bond motifs is 1. The van der Waals surface area contributed by atoms with Gasteiger partial charge in [-0.2, -0.15) is 0 Å². The van der Waals surface area contributed by atoms with Gasteiger partial charge in [-0.05, 0) is 36.7 Å². The summed E-state index contributed by atoms with van der Waals surface area (Å²) < 4.78 is 0. The second kappa shape index (κ2) is 4.97. The van der Waals surface area contributed by atoms with Crippen LogP contribution in [0.4, 0.5) is 0 Å². The van der Waals surface area contributed by atoms with E-state index < -0.39 is 5.60 Å². The lowest BCUT2D eigenvalue weighted by molar-refractivity contribution is 0.0305. The summed E-state index contributed by atoms with van der Waals surface area (Å²) in [5, 5.41) is 23.8. The quantitative estimate of drug-likeness (QED) is 0.600. The first-order valence-corrected chi connectivity index (χ1v) is 7.23. The molecule has 3 atom stereocenters. The van der Waals surface area contributed by atoms with Crippen LogP contribution in [0.5, 0.6) is 0 Å². The first kappa shape index (κ1) is 12.7. The Morgan fingerprint density at radius 3 is 2.42 bits per heavy atom. The van der Waals surface area contributed by atoms with Crippen molar-refractivity contribution in [1.29, 1.82) is 0 Å². The molecule has 0 spiro atoms. The minimum atomic E-state index is -1.07. The predicted molar refractivity (Wildman–Crippen MR) is 74.2 cm³/mol. The summed E-state index contributed by atoms with van der Waals surface area (Å²) in [6.45, 7) is 0. The molecule has 0 unspecified atom stereocenters. The number of hydrogen-bond donors (Lipinski definition) is 2. The van der Waals surface area contributed by atoms with Crippen LogP contribution >= 0.6 is 0 Å². The van der Waals surface area contributed by atoms with Gasteiger partial charge in [0.2, 0.25) is 0 Å². The van der Waals surface area contributed by atoms with Crippen molar-refractivity contribution < 1.29 is 10.3 Å². The highest BCUT2D eigenvalue weighted by Crippen LogP contribution is 2.46. The van der Waals surface area contributed by atoms with Crippen molar-refractivity contribution in [2.45, 2.75) is 44.1 Å². The molecule has 3 rings (SSSR count). The smallest absolute Gasteiger partial charge is 0.131 e. The molecule has 0 amide bonds. The third kappa shape index (κ3) is 2.16. The minimum absolute atomic E-state index is 0.543. The van der Waals surface area contributed by atoms with Crippen LogP contribution in [-0.2, 0) is 5.60 Å². The van der Waals surface area contributed by atoms with Gasteiger partial charge in [-0.3, -0.25) is 0 Å². The lowest BCUT2D eigenvalue weighted by atomic mass is 9.63. The third-order valence-corrected chi connectivity index (χ3v) is 4.93. The average Bonchev–Trinajstić information content (AvgIpc) is 2.47. The molecule has 2 aliphatic rings. The Bertz CT molecular complexity index is 471. The molecule has 102 valence electrons. The molecule has 3 heteroatoms. The molecule has 1 aromatic carbocycles. The van der Waals surface area contributed by atoms with Crippen molar-refractivity contribution in [2.75, 3.05) is 0 Å². The van der Waals surface area contributed by atoms with Crippen molar-refractivity contribution >= 4 is 5.71 Å². The summed E-state index contributed by atoms with van der Waals surface area (Å²) >= 11 is 0. The highest BCUT2D eigenvalue weighted by atomic mass is 16.4. The monoisotopic (exact) mass is 259 g/mol. The molecule has 0 radical (unpaired) electrons. The summed E-state index contributed by atoms with van der Waals surface area (Å²) in [5.74, 6) is 1.15. The Kier molecular flexibility index (Phi) is 3.31. The van der Waals surface area contributed by atoms with Gasteiger partial charge < -0.3 is 10.3 Å². The average molecular weight is 259 g/mol. The van der Waals surface area contributed by atoms with Crippen molar-refractivity contribution in [3.05, 3.63) is 35.9 Å². The molecular weight excluding hydrogens is 238 g/mol. The van der Waals surface area contributed by atoms with Crippen LogP contribution in [0.15, 0.2) is 35.5 Å². The molecular formula is C16H21NO2. The van der Waals surface area contributed by atoms with Gasteiger partial charge >= 0.3 is 0 Å². The summed E-state index contributed by atoms with van der Waals surface area (Å²) in [7, 11) is 0. The molecule has 0 aromatic heterocycles. The van der Waals surface area contributed by atoms with E-state index >= 15 is 0 Å². The number of hydrogen-bond acceptors (Lipinski definition) is 3. The molecule has 19 heavy (non-hydrogen) atoms. The van der Waals surface area contributed by atoms with Crippen molar-refractivity contribution in [1.82, 2.24) is 0 Å². The van der Waals surface area contributed by atoms with Crippen molar-refractivity contribution in [3.8, 4) is 0 Å². The Labute approximate surface area is 114 Å². The van der Waals surface area contributed by atoms with Gasteiger partial charge in [0.15, 0.2) is 0 Å². The van der Waals surface area contributed by atoms with Crippen molar-refractivity contribution in [2.24, 2.45) is 17.0 Å². The van der Waals surface area contributed by atoms with Crippen LogP contribution in [0.3, 0.4) is 0 Å². The van der Waals surface area contributed by atoms with Gasteiger partial charge in [-0.15, -0.1) is 0 Å². The van der Waals surface area contributed by atoms with Gasteiger partial charge in [0, 0.05) is 0 Å². The molecule has 2 saturated carbocycles. The molecule has 2 N–H and O–H groups in total. The normalized spacial score (nSPS) is 37.0. The molecule has 2 aliphatic carbocycles. The number of aliphatic hydroxyl groups is 1. The number of nitrogens with zero attached hydrogens (tertiary/aromatic N) is 1. The molecule has 0 saturated heterocycles. The zero-order chi connectivity index (χ0) is 13.3. The predicted octanol–water partition coefficient (Wildman–Crippen LogP) is 3.30. The van der Waals surface area contributed by atoms with E-state index in [9.17, 15) is 10.3 Å². The van der Waals surface area contributed by atoms with Gasteiger partial charge in [-0.1, -0.05) is 54.8 Å². The molecule has 1 aromatic rings. The standard InChI is InChI=1S/C16H21NO2/c18-16(14-8-2-1-3-9-14)11-13-7-5-4-6-12(13)10-15(16)17-19/h1-3,8-9,12-13,18-19H,4-7,10-11H2/b17-15-/t12-,13+,16-/m1/s1. The van der Waals surface area contributed by atoms with Crippen LogP contribution in [0.2, 0.25) is 0 Å². The van der Waals surface area contributed by atoms with Crippen molar-refractivity contribution in [3.63, 3.8) is 0 Å². The second-order valence-corrected chi connectivity index (χ2v) is 5.99.